The highest BCUT2D eigenvalue weighted by Gasteiger charge is 2.30. The Balaban J connectivity index is 1.61. The molecule has 200 valence electrons. The molecule has 0 bridgehead atoms. The molecule has 8 nitrogen and oxygen atoms in total. The van der Waals surface area contributed by atoms with Crippen LogP contribution < -0.4 is 10.7 Å². The third kappa shape index (κ3) is 5.89. The van der Waals surface area contributed by atoms with E-state index >= 15 is 0 Å². The molecule has 0 radical (unpaired) electrons. The van der Waals surface area contributed by atoms with E-state index in [1.54, 1.807) is 43.5 Å². The number of hydrazine groups is 1. The highest BCUT2D eigenvalue weighted by atomic mass is 32.1. The summed E-state index contributed by atoms with van der Waals surface area (Å²) in [7, 11) is 0. The van der Waals surface area contributed by atoms with Gasteiger partial charge in [0.2, 0.25) is 0 Å². The third-order valence-corrected chi connectivity index (χ3v) is 7.34. The number of fused-ring (bicyclic) bond motifs is 1. The molecule has 9 heteroatoms. The molecule has 0 spiro atoms. The molecule has 3 N–H and O–H groups in total. The van der Waals surface area contributed by atoms with Crippen molar-refractivity contribution in [2.45, 2.75) is 39.8 Å². The van der Waals surface area contributed by atoms with Crippen molar-refractivity contribution in [1.82, 2.24) is 15.8 Å². The molecule has 0 saturated carbocycles. The van der Waals surface area contributed by atoms with Crippen LogP contribution >= 0.6 is 11.3 Å². The fourth-order valence-corrected chi connectivity index (χ4v) is 5.15. The largest absolute Gasteiger partial charge is 0.480 e. The van der Waals surface area contributed by atoms with Crippen LogP contribution in [0.25, 0.3) is 10.8 Å². The monoisotopic (exact) mass is 543 g/mol. The maximum atomic E-state index is 13.6. The molecule has 1 aromatic heterocycles. The quantitative estimate of drug-likeness (QED) is 0.206. The van der Waals surface area contributed by atoms with Gasteiger partial charge in [0.25, 0.3) is 17.7 Å². The Labute approximate surface area is 230 Å². The summed E-state index contributed by atoms with van der Waals surface area (Å²) in [6.07, 6.45) is 0. The summed E-state index contributed by atoms with van der Waals surface area (Å²) in [6, 6.07) is 18.9. The van der Waals surface area contributed by atoms with E-state index in [0.29, 0.717) is 16.7 Å². The molecule has 4 aromatic rings. The molecule has 0 fully saturated rings. The lowest BCUT2D eigenvalue weighted by molar-refractivity contribution is -0.139. The first-order chi connectivity index (χ1) is 18.6. The second-order valence-corrected chi connectivity index (χ2v) is 10.3. The van der Waals surface area contributed by atoms with E-state index in [2.05, 4.69) is 10.7 Å². The summed E-state index contributed by atoms with van der Waals surface area (Å²) in [5.41, 5.74) is 5.05. The van der Waals surface area contributed by atoms with Gasteiger partial charge in [0.15, 0.2) is 0 Å². The zero-order valence-corrected chi connectivity index (χ0v) is 22.8. The van der Waals surface area contributed by atoms with E-state index in [9.17, 15) is 24.3 Å². The SMILES string of the molecule is Cc1cc(C(=O)N[C@H](C)c2cccc3ccccc23)cc(C)c1C(=O)N(N[C@@H](C)C(=O)O)C(=O)c1cccs1. The van der Waals surface area contributed by atoms with Gasteiger partial charge < -0.3 is 10.4 Å². The second-order valence-electron chi connectivity index (χ2n) is 9.36. The number of thiophene rings is 1. The van der Waals surface area contributed by atoms with Crippen molar-refractivity contribution < 1.29 is 24.3 Å². The summed E-state index contributed by atoms with van der Waals surface area (Å²) < 4.78 is 0. The van der Waals surface area contributed by atoms with Gasteiger partial charge >= 0.3 is 5.97 Å². The highest BCUT2D eigenvalue weighted by molar-refractivity contribution is 7.12. The standard InChI is InChI=1S/C30H29N3O5S/c1-17-15-22(27(34)31-19(3)23-12-7-10-21-9-5-6-11-24(21)23)16-18(2)26(17)29(36)33(32-20(4)30(37)38)28(35)25-13-8-14-39-25/h5-16,19-20,32H,1-4H3,(H,31,34)(H,37,38)/t19-,20+/m1/s1. The van der Waals surface area contributed by atoms with E-state index in [-0.39, 0.29) is 22.4 Å². The number of aryl methyl sites for hydroxylation is 2. The number of carbonyl (C=O) groups excluding carboxylic acids is 3. The van der Waals surface area contributed by atoms with Gasteiger partial charge in [-0.15, -0.1) is 11.3 Å². The van der Waals surface area contributed by atoms with E-state index in [1.165, 1.54) is 6.92 Å². The van der Waals surface area contributed by atoms with Crippen LogP contribution in [0.5, 0.6) is 0 Å². The van der Waals surface area contributed by atoms with Gasteiger partial charge in [0.05, 0.1) is 10.9 Å². The minimum Gasteiger partial charge on any atom is -0.480 e. The molecule has 0 aliphatic heterocycles. The van der Waals surface area contributed by atoms with Crippen LogP contribution in [0.2, 0.25) is 0 Å². The Kier molecular flexibility index (Phi) is 8.23. The van der Waals surface area contributed by atoms with Crippen molar-refractivity contribution in [3.05, 3.63) is 105 Å². The molecule has 1 heterocycles. The Morgan fingerprint density at radius 3 is 2.18 bits per heavy atom. The number of hydrogen-bond donors (Lipinski definition) is 3. The Hall–Kier alpha value is -4.34. The average Bonchev–Trinajstić information content (AvgIpc) is 3.45. The van der Waals surface area contributed by atoms with Crippen molar-refractivity contribution in [2.24, 2.45) is 0 Å². The molecule has 0 aliphatic carbocycles. The first kappa shape index (κ1) is 27.7. The highest BCUT2D eigenvalue weighted by Crippen LogP contribution is 2.25. The minimum atomic E-state index is -1.22. The predicted octanol–water partition coefficient (Wildman–Crippen LogP) is 5.27. The van der Waals surface area contributed by atoms with Gasteiger partial charge in [-0.1, -0.05) is 48.5 Å². The number of aliphatic carboxylic acids is 1. The number of carboxylic acid groups (broad SMARTS) is 1. The third-order valence-electron chi connectivity index (χ3n) is 6.48. The van der Waals surface area contributed by atoms with E-state index < -0.39 is 23.8 Å². The van der Waals surface area contributed by atoms with Gasteiger partial charge in [-0.2, -0.15) is 0 Å². The second kappa shape index (κ2) is 11.6. The topological polar surface area (TPSA) is 116 Å². The molecule has 2 atom stereocenters. The van der Waals surface area contributed by atoms with Crippen molar-refractivity contribution >= 4 is 45.8 Å². The number of nitrogens with zero attached hydrogens (tertiary/aromatic N) is 1. The van der Waals surface area contributed by atoms with E-state index in [4.69, 9.17) is 0 Å². The zero-order chi connectivity index (χ0) is 28.3. The van der Waals surface area contributed by atoms with E-state index in [1.807, 2.05) is 49.4 Å². The van der Waals surface area contributed by atoms with Gasteiger partial charge in [0.1, 0.15) is 6.04 Å². The number of hydrogen-bond acceptors (Lipinski definition) is 6. The Morgan fingerprint density at radius 1 is 0.872 bits per heavy atom. The van der Waals surface area contributed by atoms with Crippen LogP contribution in [0.1, 0.15) is 67.0 Å². The van der Waals surface area contributed by atoms with Crippen molar-refractivity contribution in [2.75, 3.05) is 0 Å². The molecule has 0 saturated heterocycles. The number of amides is 3. The molecular formula is C30H29N3O5S. The molecule has 4 rings (SSSR count). The molecule has 39 heavy (non-hydrogen) atoms. The number of nitrogens with one attached hydrogen (secondary N) is 2. The predicted molar refractivity (Wildman–Crippen MR) is 151 cm³/mol. The Bertz CT molecular complexity index is 1540. The van der Waals surface area contributed by atoms with Crippen LogP contribution in [0.3, 0.4) is 0 Å². The summed E-state index contributed by atoms with van der Waals surface area (Å²) >= 11 is 1.14. The summed E-state index contributed by atoms with van der Waals surface area (Å²) in [6.45, 7) is 6.62. The Morgan fingerprint density at radius 2 is 1.54 bits per heavy atom. The first-order valence-corrected chi connectivity index (χ1v) is 13.3. The van der Waals surface area contributed by atoms with Crippen molar-refractivity contribution in [3.8, 4) is 0 Å². The van der Waals surface area contributed by atoms with E-state index in [0.717, 1.165) is 32.7 Å². The van der Waals surface area contributed by atoms with Crippen LogP contribution in [0, 0.1) is 13.8 Å². The summed E-state index contributed by atoms with van der Waals surface area (Å²) in [5.74, 6) is -2.88. The smallest absolute Gasteiger partial charge is 0.322 e. The van der Waals surface area contributed by atoms with Crippen LogP contribution in [0.15, 0.2) is 72.1 Å². The number of imide groups is 1. The minimum absolute atomic E-state index is 0.212. The van der Waals surface area contributed by atoms with Crippen molar-refractivity contribution in [1.29, 1.82) is 0 Å². The fourth-order valence-electron chi connectivity index (χ4n) is 4.50. The summed E-state index contributed by atoms with van der Waals surface area (Å²) in [4.78, 5) is 51.7. The molecule has 3 amide bonds. The number of rotatable bonds is 8. The maximum Gasteiger partial charge on any atom is 0.322 e. The summed E-state index contributed by atoms with van der Waals surface area (Å²) in [5, 5.41) is 17.0. The fraction of sp³-hybridized carbons (Fsp3) is 0.200. The normalized spacial score (nSPS) is 12.5. The van der Waals surface area contributed by atoms with Crippen molar-refractivity contribution in [3.63, 3.8) is 0 Å². The van der Waals surface area contributed by atoms with Crippen LogP contribution in [-0.2, 0) is 4.79 Å². The molecule has 3 aromatic carbocycles. The van der Waals surface area contributed by atoms with Gasteiger partial charge in [-0.05, 0) is 78.7 Å². The number of carboxylic acids is 1. The number of benzene rings is 3. The lowest BCUT2D eigenvalue weighted by Crippen LogP contribution is -2.53. The first-order valence-electron chi connectivity index (χ1n) is 12.4. The van der Waals surface area contributed by atoms with Crippen LogP contribution in [0.4, 0.5) is 0 Å². The molecule has 0 aliphatic rings. The maximum absolute atomic E-state index is 13.6. The molecular weight excluding hydrogens is 514 g/mol. The van der Waals surface area contributed by atoms with Gasteiger partial charge in [0, 0.05) is 11.1 Å². The molecule has 0 unspecified atom stereocenters. The lowest BCUT2D eigenvalue weighted by atomic mass is 9.97. The zero-order valence-electron chi connectivity index (χ0n) is 22.0. The lowest BCUT2D eigenvalue weighted by Gasteiger charge is -2.25. The number of carbonyl (C=O) groups is 4. The van der Waals surface area contributed by atoms with Gasteiger partial charge in [-0.25, -0.2) is 10.4 Å². The average molecular weight is 544 g/mol. The van der Waals surface area contributed by atoms with Crippen LogP contribution in [-0.4, -0.2) is 39.8 Å². The van der Waals surface area contributed by atoms with Gasteiger partial charge in [-0.3, -0.25) is 19.2 Å².